The van der Waals surface area contributed by atoms with E-state index < -0.39 is 0 Å². The SMILES string of the molecule is Cc1ccccc1-c1cccc2c1Oc1ccc(-c3ccccc3C)c3c1B2c1cccc(-c2ccccc2C)c1O3. The van der Waals surface area contributed by atoms with Gasteiger partial charge in [0.25, 0.3) is 6.71 Å². The number of hydrogen-bond acceptors (Lipinski definition) is 2. The first-order chi connectivity index (χ1) is 20.6. The molecule has 2 aliphatic heterocycles. The summed E-state index contributed by atoms with van der Waals surface area (Å²) < 4.78 is 13.9. The Bertz CT molecular complexity index is 2030. The van der Waals surface area contributed by atoms with Gasteiger partial charge in [-0.2, -0.15) is 0 Å². The number of para-hydroxylation sites is 2. The molecule has 0 saturated heterocycles. The molecule has 0 fully saturated rings. The number of hydrogen-bond donors (Lipinski definition) is 0. The number of aryl methyl sites for hydroxylation is 3. The smallest absolute Gasteiger partial charge is 0.260 e. The molecule has 0 aliphatic carbocycles. The lowest BCUT2D eigenvalue weighted by atomic mass is 9.34. The van der Waals surface area contributed by atoms with Crippen molar-refractivity contribution >= 4 is 23.1 Å². The largest absolute Gasteiger partial charge is 0.458 e. The Morgan fingerprint density at radius 3 is 1.31 bits per heavy atom. The van der Waals surface area contributed by atoms with Crippen LogP contribution in [0.4, 0.5) is 0 Å². The summed E-state index contributed by atoms with van der Waals surface area (Å²) in [7, 11) is 0. The molecule has 0 bridgehead atoms. The lowest BCUT2D eigenvalue weighted by Gasteiger charge is -2.36. The molecule has 0 aromatic heterocycles. The second kappa shape index (κ2) is 9.53. The van der Waals surface area contributed by atoms with Gasteiger partial charge >= 0.3 is 0 Å². The van der Waals surface area contributed by atoms with Gasteiger partial charge in [0.15, 0.2) is 0 Å². The zero-order valence-corrected chi connectivity index (χ0v) is 23.9. The average Bonchev–Trinajstić information content (AvgIpc) is 3.02. The lowest BCUT2D eigenvalue weighted by molar-refractivity contribution is 0.467. The third-order valence-corrected chi connectivity index (χ3v) is 8.88. The predicted octanol–water partition coefficient (Wildman–Crippen LogP) is 8.34. The van der Waals surface area contributed by atoms with E-state index in [0.717, 1.165) is 56.1 Å². The summed E-state index contributed by atoms with van der Waals surface area (Å²) >= 11 is 0. The summed E-state index contributed by atoms with van der Waals surface area (Å²) in [6.45, 7) is 6.46. The van der Waals surface area contributed by atoms with Crippen LogP contribution in [0.3, 0.4) is 0 Å². The molecule has 8 rings (SSSR count). The molecular formula is C39H29BO2. The van der Waals surface area contributed by atoms with E-state index in [1.54, 1.807) is 0 Å². The fourth-order valence-electron chi connectivity index (χ4n) is 6.80. The Morgan fingerprint density at radius 2 is 0.810 bits per heavy atom. The summed E-state index contributed by atoms with van der Waals surface area (Å²) in [4.78, 5) is 0. The first-order valence-electron chi connectivity index (χ1n) is 14.6. The first-order valence-corrected chi connectivity index (χ1v) is 14.6. The minimum atomic E-state index is -0.0283. The topological polar surface area (TPSA) is 18.5 Å². The maximum atomic E-state index is 7.07. The quantitative estimate of drug-likeness (QED) is 0.210. The second-order valence-corrected chi connectivity index (χ2v) is 11.4. The zero-order valence-electron chi connectivity index (χ0n) is 23.9. The van der Waals surface area contributed by atoms with Crippen molar-refractivity contribution in [2.45, 2.75) is 20.8 Å². The molecule has 2 heterocycles. The molecule has 2 aliphatic rings. The molecule has 0 saturated carbocycles. The number of rotatable bonds is 3. The molecule has 6 aromatic rings. The van der Waals surface area contributed by atoms with E-state index in [-0.39, 0.29) is 6.71 Å². The van der Waals surface area contributed by atoms with Crippen molar-refractivity contribution in [2.75, 3.05) is 0 Å². The predicted molar refractivity (Wildman–Crippen MR) is 175 cm³/mol. The summed E-state index contributed by atoms with van der Waals surface area (Å²) in [5.74, 6) is 3.58. The van der Waals surface area contributed by atoms with Gasteiger partial charge in [0, 0.05) is 22.2 Å². The van der Waals surface area contributed by atoms with E-state index in [2.05, 4.69) is 142 Å². The molecule has 200 valence electrons. The van der Waals surface area contributed by atoms with Gasteiger partial charge in [0.05, 0.1) is 0 Å². The maximum Gasteiger partial charge on any atom is 0.260 e. The average molecular weight is 540 g/mol. The van der Waals surface area contributed by atoms with Crippen LogP contribution in [-0.4, -0.2) is 6.71 Å². The van der Waals surface area contributed by atoms with Crippen molar-refractivity contribution in [1.82, 2.24) is 0 Å². The third-order valence-electron chi connectivity index (χ3n) is 8.88. The van der Waals surface area contributed by atoms with Crippen LogP contribution < -0.4 is 25.9 Å². The second-order valence-electron chi connectivity index (χ2n) is 11.4. The highest BCUT2D eigenvalue weighted by Gasteiger charge is 2.42. The van der Waals surface area contributed by atoms with E-state index in [0.29, 0.717) is 0 Å². The molecule has 0 N–H and O–H groups in total. The van der Waals surface area contributed by atoms with Crippen molar-refractivity contribution in [2.24, 2.45) is 0 Å². The summed E-state index contributed by atoms with van der Waals surface area (Å²) in [6.07, 6.45) is 0. The van der Waals surface area contributed by atoms with Crippen LogP contribution in [0.1, 0.15) is 16.7 Å². The molecule has 0 spiro atoms. The van der Waals surface area contributed by atoms with Crippen LogP contribution in [0.5, 0.6) is 23.0 Å². The molecule has 0 atom stereocenters. The Labute approximate surface area is 247 Å². The molecule has 0 amide bonds. The van der Waals surface area contributed by atoms with Crippen molar-refractivity contribution in [3.63, 3.8) is 0 Å². The third kappa shape index (κ3) is 3.67. The van der Waals surface area contributed by atoms with Crippen molar-refractivity contribution < 1.29 is 9.47 Å². The van der Waals surface area contributed by atoms with E-state index in [4.69, 9.17) is 9.47 Å². The zero-order chi connectivity index (χ0) is 28.4. The van der Waals surface area contributed by atoms with Gasteiger partial charge in [-0.25, -0.2) is 0 Å². The van der Waals surface area contributed by atoms with Crippen LogP contribution in [0, 0.1) is 20.8 Å². The van der Waals surface area contributed by atoms with Crippen molar-refractivity contribution in [3.05, 3.63) is 138 Å². The van der Waals surface area contributed by atoms with E-state index in [9.17, 15) is 0 Å². The maximum absolute atomic E-state index is 7.07. The highest BCUT2D eigenvalue weighted by molar-refractivity contribution is 6.98. The minimum Gasteiger partial charge on any atom is -0.458 e. The number of benzene rings is 6. The minimum absolute atomic E-state index is 0.0283. The molecule has 0 unspecified atom stereocenters. The normalized spacial score (nSPS) is 12.5. The van der Waals surface area contributed by atoms with Gasteiger partial charge in [-0.1, -0.05) is 109 Å². The van der Waals surface area contributed by atoms with Gasteiger partial charge in [0.2, 0.25) is 0 Å². The van der Waals surface area contributed by atoms with Gasteiger partial charge in [-0.15, -0.1) is 0 Å². The van der Waals surface area contributed by atoms with Crippen LogP contribution >= 0.6 is 0 Å². The number of fused-ring (bicyclic) bond motifs is 4. The van der Waals surface area contributed by atoms with Gasteiger partial charge in [-0.05, 0) is 77.2 Å². The lowest BCUT2D eigenvalue weighted by Crippen LogP contribution is -2.57. The van der Waals surface area contributed by atoms with E-state index in [1.807, 2.05) is 0 Å². The molecule has 0 radical (unpaired) electrons. The molecular weight excluding hydrogens is 511 g/mol. The van der Waals surface area contributed by atoms with E-state index >= 15 is 0 Å². The molecule has 2 nitrogen and oxygen atoms in total. The van der Waals surface area contributed by atoms with Crippen molar-refractivity contribution in [1.29, 1.82) is 0 Å². The summed E-state index contributed by atoms with van der Waals surface area (Å²) in [6, 6.07) is 43.1. The fourth-order valence-corrected chi connectivity index (χ4v) is 6.80. The van der Waals surface area contributed by atoms with Crippen molar-refractivity contribution in [3.8, 4) is 56.4 Å². The first kappa shape index (κ1) is 24.8. The highest BCUT2D eigenvalue weighted by atomic mass is 16.5. The Morgan fingerprint density at radius 1 is 0.381 bits per heavy atom. The van der Waals surface area contributed by atoms with Crippen LogP contribution in [0.25, 0.3) is 33.4 Å². The Kier molecular flexibility index (Phi) is 5.62. The fraction of sp³-hybridized carbons (Fsp3) is 0.0769. The highest BCUT2D eigenvalue weighted by Crippen LogP contribution is 2.46. The Balaban J connectivity index is 1.44. The number of ether oxygens (including phenoxy) is 2. The molecule has 42 heavy (non-hydrogen) atoms. The standard InChI is InChI=1S/C39H29BO2/c1-24-12-4-7-15-27(24)30-18-10-20-33-37(30)41-35-23-22-32(29-17-9-6-14-26(29)3)39-36(35)40(33)34-21-11-19-31(38(34)42-39)28-16-8-5-13-25(28)2/h4-23H,1-3H3. The monoisotopic (exact) mass is 540 g/mol. The van der Waals surface area contributed by atoms with E-state index in [1.165, 1.54) is 33.4 Å². The van der Waals surface area contributed by atoms with Gasteiger partial charge in [-0.3, -0.25) is 0 Å². The molecule has 6 aromatic carbocycles. The van der Waals surface area contributed by atoms with Gasteiger partial charge in [0.1, 0.15) is 23.0 Å². The summed E-state index contributed by atoms with van der Waals surface area (Å²) in [5, 5.41) is 0. The summed E-state index contributed by atoms with van der Waals surface area (Å²) in [5.41, 5.74) is 14.0. The van der Waals surface area contributed by atoms with Crippen LogP contribution in [0.15, 0.2) is 121 Å². The Hall–Kier alpha value is -5.02. The van der Waals surface area contributed by atoms with Gasteiger partial charge < -0.3 is 9.47 Å². The van der Waals surface area contributed by atoms with Crippen LogP contribution in [0.2, 0.25) is 0 Å². The van der Waals surface area contributed by atoms with Crippen LogP contribution in [-0.2, 0) is 0 Å². The molecule has 3 heteroatoms.